The van der Waals surface area contributed by atoms with Crippen molar-refractivity contribution < 1.29 is 0 Å². The lowest BCUT2D eigenvalue weighted by Gasteiger charge is -2.26. The Bertz CT molecular complexity index is 335. The molecule has 0 spiro atoms. The minimum Gasteiger partial charge on any atom is -0.330 e. The third-order valence-corrected chi connectivity index (χ3v) is 2.32. The zero-order valence-corrected chi connectivity index (χ0v) is 8.42. The highest BCUT2D eigenvalue weighted by atomic mass is 16.1. The number of aromatic amines is 1. The summed E-state index contributed by atoms with van der Waals surface area (Å²) in [5.41, 5.74) is 6.19. The maximum absolute atomic E-state index is 11.4. The van der Waals surface area contributed by atoms with Crippen LogP contribution in [0.15, 0.2) is 11.0 Å². The van der Waals surface area contributed by atoms with E-state index in [1.807, 2.05) is 20.8 Å². The third-order valence-electron chi connectivity index (χ3n) is 2.32. The smallest absolute Gasteiger partial charge is 0.326 e. The number of aryl methyl sites for hydroxylation is 1. The zero-order chi connectivity index (χ0) is 10.1. The van der Waals surface area contributed by atoms with Gasteiger partial charge in [0, 0.05) is 17.4 Å². The molecule has 1 rings (SSSR count). The highest BCUT2D eigenvalue weighted by molar-refractivity contribution is 5.00. The molecule has 0 bridgehead atoms. The van der Waals surface area contributed by atoms with Crippen molar-refractivity contribution in [3.63, 3.8) is 0 Å². The van der Waals surface area contributed by atoms with Gasteiger partial charge in [-0.25, -0.2) is 4.79 Å². The molecule has 1 aromatic heterocycles. The minimum absolute atomic E-state index is 0.0593. The Kier molecular flexibility index (Phi) is 2.61. The lowest BCUT2D eigenvalue weighted by molar-refractivity contribution is 0.318. The van der Waals surface area contributed by atoms with Crippen molar-refractivity contribution in [3.05, 3.63) is 22.4 Å². The van der Waals surface area contributed by atoms with Crippen LogP contribution in [0.1, 0.15) is 26.0 Å². The molecule has 4 heteroatoms. The molecule has 13 heavy (non-hydrogen) atoms. The molecule has 4 nitrogen and oxygen atoms in total. The molecule has 0 unspecified atom stereocenters. The van der Waals surface area contributed by atoms with E-state index in [0.717, 1.165) is 12.1 Å². The maximum Gasteiger partial charge on any atom is 0.326 e. The van der Waals surface area contributed by atoms with Gasteiger partial charge in [0.05, 0.1) is 0 Å². The van der Waals surface area contributed by atoms with E-state index in [1.54, 1.807) is 10.8 Å². The van der Waals surface area contributed by atoms with E-state index in [9.17, 15) is 4.79 Å². The van der Waals surface area contributed by atoms with Crippen molar-refractivity contribution in [2.45, 2.75) is 32.7 Å². The summed E-state index contributed by atoms with van der Waals surface area (Å²) in [6.45, 7) is 6.53. The van der Waals surface area contributed by atoms with Crippen molar-refractivity contribution >= 4 is 0 Å². The average Bonchev–Trinajstić information content (AvgIpc) is 2.31. The number of nitrogens with zero attached hydrogens (tertiary/aromatic N) is 1. The summed E-state index contributed by atoms with van der Waals surface area (Å²) < 4.78 is 1.75. The van der Waals surface area contributed by atoms with Gasteiger partial charge >= 0.3 is 5.69 Å². The Hall–Kier alpha value is -1.03. The number of hydrogen-bond acceptors (Lipinski definition) is 2. The molecule has 0 atom stereocenters. The molecule has 1 heterocycles. The zero-order valence-electron chi connectivity index (χ0n) is 8.42. The molecule has 74 valence electrons. The van der Waals surface area contributed by atoms with Gasteiger partial charge in [-0.1, -0.05) is 0 Å². The lowest BCUT2D eigenvalue weighted by atomic mass is 10.0. The van der Waals surface area contributed by atoms with Gasteiger partial charge < -0.3 is 10.7 Å². The first kappa shape index (κ1) is 10.1. The molecular formula is C9H17N3O. The number of H-pyrrole nitrogens is 1. The van der Waals surface area contributed by atoms with Gasteiger partial charge in [0.25, 0.3) is 0 Å². The predicted octanol–water partition coefficient (Wildman–Crippen LogP) is 0.569. The Labute approximate surface area is 77.8 Å². The van der Waals surface area contributed by atoms with E-state index < -0.39 is 0 Å². The Morgan fingerprint density at radius 3 is 2.62 bits per heavy atom. The molecule has 1 aromatic rings. The topological polar surface area (TPSA) is 63.8 Å². The number of hydrogen-bond donors (Lipinski definition) is 2. The van der Waals surface area contributed by atoms with Gasteiger partial charge in [0.2, 0.25) is 0 Å². The Morgan fingerprint density at radius 2 is 2.23 bits per heavy atom. The van der Waals surface area contributed by atoms with Crippen molar-refractivity contribution in [1.29, 1.82) is 0 Å². The van der Waals surface area contributed by atoms with Crippen LogP contribution in [0.3, 0.4) is 0 Å². The number of imidazole rings is 1. The largest absolute Gasteiger partial charge is 0.330 e. The van der Waals surface area contributed by atoms with E-state index in [4.69, 9.17) is 5.73 Å². The summed E-state index contributed by atoms with van der Waals surface area (Å²) in [7, 11) is 0. The minimum atomic E-state index is -0.198. The number of rotatable bonds is 3. The van der Waals surface area contributed by atoms with Crippen molar-refractivity contribution in [2.24, 2.45) is 5.73 Å². The normalized spacial score (nSPS) is 12.0. The highest BCUT2D eigenvalue weighted by Crippen LogP contribution is 2.18. The standard InChI is InChI=1S/C9H17N3O/c1-7-6-11-8(13)12(7)9(2,3)4-5-10/h6H,4-5,10H2,1-3H3,(H,11,13). The number of nitrogens with one attached hydrogen (secondary N) is 1. The summed E-state index contributed by atoms with van der Waals surface area (Å²) in [6.07, 6.45) is 2.52. The molecule has 0 fully saturated rings. The second-order valence-electron chi connectivity index (χ2n) is 3.92. The molecule has 0 amide bonds. The predicted molar refractivity (Wildman–Crippen MR) is 52.8 cm³/mol. The third kappa shape index (κ3) is 1.83. The van der Waals surface area contributed by atoms with E-state index in [1.165, 1.54) is 0 Å². The molecule has 0 aromatic carbocycles. The van der Waals surface area contributed by atoms with Crippen LogP contribution in [-0.2, 0) is 5.54 Å². The monoisotopic (exact) mass is 183 g/mol. The van der Waals surface area contributed by atoms with Gasteiger partial charge in [-0.3, -0.25) is 4.57 Å². The number of nitrogens with two attached hydrogens (primary N) is 1. The first-order valence-corrected chi connectivity index (χ1v) is 4.46. The lowest BCUT2D eigenvalue weighted by Crippen LogP contribution is -2.37. The van der Waals surface area contributed by atoms with Crippen LogP contribution >= 0.6 is 0 Å². The van der Waals surface area contributed by atoms with Gasteiger partial charge in [-0.05, 0) is 33.7 Å². The maximum atomic E-state index is 11.4. The van der Waals surface area contributed by atoms with Crippen LogP contribution in [0.25, 0.3) is 0 Å². The van der Waals surface area contributed by atoms with Gasteiger partial charge in [-0.2, -0.15) is 0 Å². The summed E-state index contributed by atoms with van der Waals surface area (Å²) in [5.74, 6) is 0. The van der Waals surface area contributed by atoms with E-state index in [2.05, 4.69) is 4.98 Å². The van der Waals surface area contributed by atoms with Gasteiger partial charge in [0.1, 0.15) is 0 Å². The van der Waals surface area contributed by atoms with E-state index in [0.29, 0.717) is 6.54 Å². The fraction of sp³-hybridized carbons (Fsp3) is 0.667. The van der Waals surface area contributed by atoms with Crippen molar-refractivity contribution in [1.82, 2.24) is 9.55 Å². The van der Waals surface area contributed by atoms with Crippen molar-refractivity contribution in [2.75, 3.05) is 6.54 Å². The van der Waals surface area contributed by atoms with Crippen LogP contribution in [-0.4, -0.2) is 16.1 Å². The van der Waals surface area contributed by atoms with Crippen LogP contribution in [0, 0.1) is 6.92 Å². The average molecular weight is 183 g/mol. The van der Waals surface area contributed by atoms with Crippen LogP contribution in [0.5, 0.6) is 0 Å². The molecule has 0 aliphatic heterocycles. The van der Waals surface area contributed by atoms with E-state index in [-0.39, 0.29) is 11.2 Å². The Balaban J connectivity index is 3.12. The van der Waals surface area contributed by atoms with E-state index >= 15 is 0 Å². The second kappa shape index (κ2) is 3.38. The SMILES string of the molecule is Cc1c[nH]c(=O)n1C(C)(C)CCN. The van der Waals surface area contributed by atoms with Gasteiger partial charge in [0.15, 0.2) is 0 Å². The van der Waals surface area contributed by atoms with Crippen LogP contribution in [0.4, 0.5) is 0 Å². The summed E-state index contributed by atoms with van der Waals surface area (Å²) in [5, 5.41) is 0. The Morgan fingerprint density at radius 1 is 1.62 bits per heavy atom. The molecule has 0 aliphatic rings. The summed E-state index contributed by atoms with van der Waals surface area (Å²) in [4.78, 5) is 14.1. The quantitative estimate of drug-likeness (QED) is 0.719. The summed E-state index contributed by atoms with van der Waals surface area (Å²) >= 11 is 0. The molecule has 0 saturated carbocycles. The molecule has 0 saturated heterocycles. The second-order valence-corrected chi connectivity index (χ2v) is 3.92. The van der Waals surface area contributed by atoms with Crippen molar-refractivity contribution in [3.8, 4) is 0 Å². The number of aromatic nitrogens is 2. The fourth-order valence-electron chi connectivity index (χ4n) is 1.67. The summed E-state index contributed by atoms with van der Waals surface area (Å²) in [6, 6.07) is 0. The highest BCUT2D eigenvalue weighted by Gasteiger charge is 2.22. The molecule has 3 N–H and O–H groups in total. The molecular weight excluding hydrogens is 166 g/mol. The first-order valence-electron chi connectivity index (χ1n) is 4.46. The molecule has 0 radical (unpaired) electrons. The van der Waals surface area contributed by atoms with Crippen LogP contribution < -0.4 is 11.4 Å². The first-order chi connectivity index (χ1) is 5.99. The van der Waals surface area contributed by atoms with Crippen LogP contribution in [0.2, 0.25) is 0 Å². The molecule has 0 aliphatic carbocycles. The van der Waals surface area contributed by atoms with Gasteiger partial charge in [-0.15, -0.1) is 0 Å². The fourth-order valence-corrected chi connectivity index (χ4v) is 1.67.